The van der Waals surface area contributed by atoms with Gasteiger partial charge in [0, 0.05) is 15.2 Å². The molecule has 1 aromatic heterocycles. The predicted molar refractivity (Wildman–Crippen MR) is 78.1 cm³/mol. The van der Waals surface area contributed by atoms with E-state index in [4.69, 9.17) is 5.11 Å². The van der Waals surface area contributed by atoms with Crippen molar-refractivity contribution in [1.82, 2.24) is 4.72 Å². The Morgan fingerprint density at radius 1 is 1.35 bits per heavy atom. The third-order valence-electron chi connectivity index (χ3n) is 2.42. The third kappa shape index (κ3) is 3.21. The number of sulfonamides is 1. The molecule has 0 saturated heterocycles. The summed E-state index contributed by atoms with van der Waals surface area (Å²) in [6.45, 7) is 0. The van der Waals surface area contributed by atoms with E-state index in [2.05, 4.69) is 4.72 Å². The van der Waals surface area contributed by atoms with Crippen molar-refractivity contribution in [3.63, 3.8) is 0 Å². The Morgan fingerprint density at radius 2 is 2.05 bits per heavy atom. The maximum atomic E-state index is 11.9. The van der Waals surface area contributed by atoms with Crippen molar-refractivity contribution in [3.05, 3.63) is 40.6 Å². The molecular weight excluding hydrogens is 318 g/mol. The van der Waals surface area contributed by atoms with E-state index in [9.17, 15) is 13.2 Å². The van der Waals surface area contributed by atoms with Gasteiger partial charge in [0.2, 0.25) is 10.0 Å². The molecule has 1 aromatic carbocycles. The number of benzene rings is 1. The minimum Gasteiger partial charge on any atom is -0.477 e. The largest absolute Gasteiger partial charge is 0.477 e. The van der Waals surface area contributed by atoms with E-state index in [1.807, 2.05) is 0 Å². The van der Waals surface area contributed by atoms with Gasteiger partial charge in [0.25, 0.3) is 0 Å². The van der Waals surface area contributed by atoms with Crippen LogP contribution >= 0.6 is 23.1 Å². The fourth-order valence-electron chi connectivity index (χ4n) is 1.48. The number of carboxylic acids is 1. The van der Waals surface area contributed by atoms with Crippen LogP contribution in [0.2, 0.25) is 0 Å². The van der Waals surface area contributed by atoms with E-state index in [0.29, 0.717) is 9.79 Å². The zero-order chi connectivity index (χ0) is 14.8. The summed E-state index contributed by atoms with van der Waals surface area (Å²) in [4.78, 5) is 12.5. The number of carboxylic acid groups (broad SMARTS) is 1. The number of thiophene rings is 1. The highest BCUT2D eigenvalue weighted by Crippen LogP contribution is 2.35. The molecule has 106 valence electrons. The van der Waals surface area contributed by atoms with Crippen molar-refractivity contribution in [2.24, 2.45) is 0 Å². The second kappa shape index (κ2) is 5.96. The molecule has 20 heavy (non-hydrogen) atoms. The van der Waals surface area contributed by atoms with Crippen LogP contribution in [-0.2, 0) is 10.0 Å². The Hall–Kier alpha value is -1.35. The Bertz CT molecular complexity index is 737. The van der Waals surface area contributed by atoms with Gasteiger partial charge in [0.15, 0.2) is 0 Å². The molecule has 2 N–H and O–H groups in total. The van der Waals surface area contributed by atoms with Crippen LogP contribution in [0.3, 0.4) is 0 Å². The maximum Gasteiger partial charge on any atom is 0.345 e. The Labute approximate surface area is 124 Å². The molecular formula is C12H11NO4S3. The normalized spacial score (nSPS) is 11.4. The first-order valence-corrected chi connectivity index (χ1v) is 8.64. The van der Waals surface area contributed by atoms with E-state index < -0.39 is 16.0 Å². The minimum absolute atomic E-state index is 0.176. The number of aromatic carboxylic acids is 1. The van der Waals surface area contributed by atoms with Gasteiger partial charge >= 0.3 is 5.97 Å². The van der Waals surface area contributed by atoms with E-state index in [0.717, 1.165) is 11.3 Å². The summed E-state index contributed by atoms with van der Waals surface area (Å²) in [7, 11) is -2.19. The first kappa shape index (κ1) is 15.0. The van der Waals surface area contributed by atoms with Crippen LogP contribution < -0.4 is 4.72 Å². The summed E-state index contributed by atoms with van der Waals surface area (Å²) < 4.78 is 26.1. The zero-order valence-electron chi connectivity index (χ0n) is 10.4. The monoisotopic (exact) mass is 329 g/mol. The summed E-state index contributed by atoms with van der Waals surface area (Å²) in [5.74, 6) is -0.988. The summed E-state index contributed by atoms with van der Waals surface area (Å²) in [6, 6.07) is 8.11. The Balaban J connectivity index is 2.36. The average Bonchev–Trinajstić information content (AvgIpc) is 2.88. The van der Waals surface area contributed by atoms with Crippen molar-refractivity contribution in [2.45, 2.75) is 14.7 Å². The third-order valence-corrected chi connectivity index (χ3v) is 6.14. The molecule has 2 rings (SSSR count). The molecule has 0 unspecified atom stereocenters. The number of nitrogens with one attached hydrogen (secondary N) is 1. The Morgan fingerprint density at radius 3 is 2.65 bits per heavy atom. The van der Waals surface area contributed by atoms with Crippen LogP contribution in [0.15, 0.2) is 50.4 Å². The fourth-order valence-corrected chi connectivity index (χ4v) is 4.51. The summed E-state index contributed by atoms with van der Waals surface area (Å²) in [5, 5.41) is 10.6. The van der Waals surface area contributed by atoms with Crippen LogP contribution in [-0.4, -0.2) is 26.5 Å². The molecule has 0 atom stereocenters. The van der Waals surface area contributed by atoms with E-state index >= 15 is 0 Å². The number of carbonyl (C=O) groups is 1. The molecule has 5 nitrogen and oxygen atoms in total. The van der Waals surface area contributed by atoms with Gasteiger partial charge in [-0.15, -0.1) is 11.3 Å². The lowest BCUT2D eigenvalue weighted by Gasteiger charge is -2.08. The van der Waals surface area contributed by atoms with Crippen LogP contribution in [0.1, 0.15) is 9.67 Å². The van der Waals surface area contributed by atoms with Gasteiger partial charge in [-0.3, -0.25) is 0 Å². The van der Waals surface area contributed by atoms with E-state index in [1.54, 1.807) is 23.6 Å². The number of rotatable bonds is 5. The standard InChI is InChI=1S/C12H11NO4S3/c1-13-20(16,17)11-5-3-2-4-9(11)19-8-6-10(12(14)15)18-7-8/h2-7,13H,1H3,(H,14,15). The molecule has 0 spiro atoms. The van der Waals surface area contributed by atoms with Gasteiger partial charge < -0.3 is 5.11 Å². The highest BCUT2D eigenvalue weighted by atomic mass is 32.2. The lowest BCUT2D eigenvalue weighted by molar-refractivity contribution is 0.0702. The minimum atomic E-state index is -3.54. The predicted octanol–water partition coefficient (Wildman–Crippen LogP) is 2.51. The van der Waals surface area contributed by atoms with Gasteiger partial charge in [-0.1, -0.05) is 23.9 Å². The second-order valence-electron chi connectivity index (χ2n) is 3.71. The maximum absolute atomic E-state index is 11.9. The second-order valence-corrected chi connectivity index (χ2v) is 7.59. The highest BCUT2D eigenvalue weighted by Gasteiger charge is 2.17. The van der Waals surface area contributed by atoms with Crippen LogP contribution in [0, 0.1) is 0 Å². The molecule has 8 heteroatoms. The topological polar surface area (TPSA) is 83.5 Å². The molecule has 0 fully saturated rings. The van der Waals surface area contributed by atoms with Crippen molar-refractivity contribution in [1.29, 1.82) is 0 Å². The Kier molecular flexibility index (Phi) is 4.48. The molecule has 0 aliphatic rings. The molecule has 2 aromatic rings. The fraction of sp³-hybridized carbons (Fsp3) is 0.0833. The van der Waals surface area contributed by atoms with Crippen LogP contribution in [0.4, 0.5) is 0 Å². The molecule has 0 amide bonds. The lowest BCUT2D eigenvalue weighted by atomic mass is 10.4. The smallest absolute Gasteiger partial charge is 0.345 e. The van der Waals surface area contributed by atoms with Crippen molar-refractivity contribution in [2.75, 3.05) is 7.05 Å². The van der Waals surface area contributed by atoms with E-state index in [1.165, 1.54) is 30.9 Å². The van der Waals surface area contributed by atoms with Crippen molar-refractivity contribution < 1.29 is 18.3 Å². The molecule has 0 bridgehead atoms. The highest BCUT2D eigenvalue weighted by molar-refractivity contribution is 8.00. The molecule has 0 aliphatic carbocycles. The van der Waals surface area contributed by atoms with Crippen molar-refractivity contribution >= 4 is 39.1 Å². The van der Waals surface area contributed by atoms with Gasteiger partial charge in [-0.05, 0) is 25.2 Å². The van der Waals surface area contributed by atoms with Crippen LogP contribution in [0.25, 0.3) is 0 Å². The summed E-state index contributed by atoms with van der Waals surface area (Å²) >= 11 is 2.33. The van der Waals surface area contributed by atoms with Gasteiger partial charge in [0.05, 0.1) is 4.90 Å². The average molecular weight is 329 g/mol. The molecule has 1 heterocycles. The first-order chi connectivity index (χ1) is 9.44. The van der Waals surface area contributed by atoms with Gasteiger partial charge in [-0.25, -0.2) is 17.9 Å². The van der Waals surface area contributed by atoms with Crippen molar-refractivity contribution in [3.8, 4) is 0 Å². The summed E-state index contributed by atoms with van der Waals surface area (Å²) in [6.07, 6.45) is 0. The number of hydrogen-bond acceptors (Lipinski definition) is 5. The number of hydrogen-bond donors (Lipinski definition) is 2. The molecule has 0 aliphatic heterocycles. The summed E-state index contributed by atoms with van der Waals surface area (Å²) in [5.41, 5.74) is 0. The molecule has 0 radical (unpaired) electrons. The zero-order valence-corrected chi connectivity index (χ0v) is 12.8. The first-order valence-electron chi connectivity index (χ1n) is 5.46. The van der Waals surface area contributed by atoms with E-state index in [-0.39, 0.29) is 9.77 Å². The lowest BCUT2D eigenvalue weighted by Crippen LogP contribution is -2.19. The van der Waals surface area contributed by atoms with Gasteiger partial charge in [-0.2, -0.15) is 0 Å². The SMILES string of the molecule is CNS(=O)(=O)c1ccccc1Sc1csc(C(=O)O)c1. The molecule has 0 saturated carbocycles. The van der Waals surface area contributed by atoms with Crippen LogP contribution in [0.5, 0.6) is 0 Å². The van der Waals surface area contributed by atoms with Gasteiger partial charge in [0.1, 0.15) is 4.88 Å². The quantitative estimate of drug-likeness (QED) is 0.880.